The maximum Gasteiger partial charge on any atom is 0.185 e. The number of anilines is 1. The van der Waals surface area contributed by atoms with E-state index in [9.17, 15) is 8.42 Å². The third-order valence-corrected chi connectivity index (χ3v) is 6.35. The maximum atomic E-state index is 12.3. The molecule has 0 bridgehead atoms. The number of sulfone groups is 1. The highest BCUT2D eigenvalue weighted by atomic mass is 79.9. The molecule has 2 N–H and O–H groups in total. The molecule has 1 heterocycles. The number of rotatable bonds is 3. The zero-order valence-electron chi connectivity index (χ0n) is 9.06. The van der Waals surface area contributed by atoms with E-state index in [1.807, 2.05) is 5.38 Å². The number of benzene rings is 1. The Morgan fingerprint density at radius 3 is 2.50 bits per heavy atom. The Morgan fingerprint density at radius 2 is 1.89 bits per heavy atom. The van der Waals surface area contributed by atoms with Crippen LogP contribution in [0.15, 0.2) is 43.5 Å². The molecule has 0 radical (unpaired) electrons. The molecule has 0 spiro atoms. The van der Waals surface area contributed by atoms with Crippen LogP contribution in [0.2, 0.25) is 0 Å². The molecule has 0 saturated carbocycles. The normalized spacial score (nSPS) is 11.7. The topological polar surface area (TPSA) is 60.2 Å². The standard InChI is InChI=1S/C11H9Br2NO2S2/c12-7-1-2-10(14)11(4-7)18(15,16)6-9-3-8(13)5-17-9/h1-5H,6,14H2. The van der Waals surface area contributed by atoms with Gasteiger partial charge in [0.2, 0.25) is 0 Å². The van der Waals surface area contributed by atoms with Crippen LogP contribution in [0.5, 0.6) is 0 Å². The van der Waals surface area contributed by atoms with Crippen molar-refractivity contribution in [2.24, 2.45) is 0 Å². The van der Waals surface area contributed by atoms with Crippen LogP contribution < -0.4 is 5.73 Å². The lowest BCUT2D eigenvalue weighted by molar-refractivity contribution is 0.596. The second-order valence-electron chi connectivity index (χ2n) is 3.67. The lowest BCUT2D eigenvalue weighted by atomic mass is 10.3. The van der Waals surface area contributed by atoms with E-state index in [0.29, 0.717) is 4.47 Å². The Hall–Kier alpha value is -0.370. The first-order chi connectivity index (χ1) is 8.38. The average molecular weight is 411 g/mol. The monoisotopic (exact) mass is 409 g/mol. The van der Waals surface area contributed by atoms with Crippen molar-refractivity contribution in [3.63, 3.8) is 0 Å². The summed E-state index contributed by atoms with van der Waals surface area (Å²) in [5, 5.41) is 1.86. The van der Waals surface area contributed by atoms with E-state index in [1.54, 1.807) is 18.2 Å². The Morgan fingerprint density at radius 1 is 1.17 bits per heavy atom. The van der Waals surface area contributed by atoms with Gasteiger partial charge in [0.05, 0.1) is 16.3 Å². The number of halogens is 2. The van der Waals surface area contributed by atoms with Gasteiger partial charge in [-0.1, -0.05) is 15.9 Å². The molecule has 0 unspecified atom stereocenters. The van der Waals surface area contributed by atoms with Crippen LogP contribution in [0.4, 0.5) is 5.69 Å². The predicted molar refractivity (Wildman–Crippen MR) is 81.5 cm³/mol. The van der Waals surface area contributed by atoms with Crippen molar-refractivity contribution in [3.05, 3.63) is 43.5 Å². The third kappa shape index (κ3) is 3.14. The molecule has 0 aliphatic carbocycles. The summed E-state index contributed by atoms with van der Waals surface area (Å²) in [7, 11) is -3.42. The van der Waals surface area contributed by atoms with Gasteiger partial charge in [-0.05, 0) is 40.2 Å². The van der Waals surface area contributed by atoms with Gasteiger partial charge in [0.15, 0.2) is 9.84 Å². The van der Waals surface area contributed by atoms with Gasteiger partial charge in [-0.25, -0.2) is 8.42 Å². The summed E-state index contributed by atoms with van der Waals surface area (Å²) in [5.74, 6) is -0.0378. The van der Waals surface area contributed by atoms with Crippen molar-refractivity contribution in [1.29, 1.82) is 0 Å². The quantitative estimate of drug-likeness (QED) is 0.782. The molecular formula is C11H9Br2NO2S2. The zero-order chi connectivity index (χ0) is 13.3. The fraction of sp³-hybridized carbons (Fsp3) is 0.0909. The molecule has 1 aromatic carbocycles. The minimum Gasteiger partial charge on any atom is -0.398 e. The van der Waals surface area contributed by atoms with Crippen molar-refractivity contribution in [3.8, 4) is 0 Å². The highest BCUT2D eigenvalue weighted by Gasteiger charge is 2.19. The minimum absolute atomic E-state index is 0.0378. The smallest absolute Gasteiger partial charge is 0.185 e. The molecule has 7 heteroatoms. The molecule has 0 amide bonds. The van der Waals surface area contributed by atoms with E-state index >= 15 is 0 Å². The molecular weight excluding hydrogens is 402 g/mol. The number of hydrogen-bond acceptors (Lipinski definition) is 4. The van der Waals surface area contributed by atoms with Gasteiger partial charge in [-0.15, -0.1) is 11.3 Å². The minimum atomic E-state index is -3.42. The summed E-state index contributed by atoms with van der Waals surface area (Å²) >= 11 is 7.96. The number of thiophene rings is 1. The highest BCUT2D eigenvalue weighted by Crippen LogP contribution is 2.28. The Bertz CT molecular complexity index is 680. The summed E-state index contributed by atoms with van der Waals surface area (Å²) in [5.41, 5.74) is 6.00. The van der Waals surface area contributed by atoms with Gasteiger partial charge >= 0.3 is 0 Å². The van der Waals surface area contributed by atoms with Gasteiger partial charge in [-0.2, -0.15) is 0 Å². The molecule has 2 aromatic rings. The Kier molecular flexibility index (Phi) is 4.15. The summed E-state index contributed by atoms with van der Waals surface area (Å²) in [4.78, 5) is 0.947. The molecule has 18 heavy (non-hydrogen) atoms. The fourth-order valence-corrected chi connectivity index (χ4v) is 5.30. The lowest BCUT2D eigenvalue weighted by Gasteiger charge is -2.07. The average Bonchev–Trinajstić information content (AvgIpc) is 2.66. The third-order valence-electron chi connectivity index (χ3n) is 2.26. The maximum absolute atomic E-state index is 12.3. The number of nitrogens with two attached hydrogens (primary N) is 1. The van der Waals surface area contributed by atoms with Crippen LogP contribution in [0.3, 0.4) is 0 Å². The Labute approximate surface area is 126 Å². The van der Waals surface area contributed by atoms with Crippen molar-refractivity contribution in [1.82, 2.24) is 0 Å². The second-order valence-corrected chi connectivity index (χ2v) is 8.46. The SMILES string of the molecule is Nc1ccc(Br)cc1S(=O)(=O)Cc1cc(Br)cs1. The summed E-state index contributed by atoms with van der Waals surface area (Å²) < 4.78 is 26.1. The number of hydrogen-bond donors (Lipinski definition) is 1. The first-order valence-corrected chi connectivity index (χ1v) is 9.01. The van der Waals surface area contributed by atoms with E-state index in [4.69, 9.17) is 5.73 Å². The summed E-state index contributed by atoms with van der Waals surface area (Å²) in [6, 6.07) is 6.64. The van der Waals surface area contributed by atoms with Gasteiger partial charge in [0, 0.05) is 19.2 Å². The van der Waals surface area contributed by atoms with Crippen LogP contribution in [-0.4, -0.2) is 8.42 Å². The number of nitrogen functional groups attached to an aromatic ring is 1. The van der Waals surface area contributed by atoms with Gasteiger partial charge in [-0.3, -0.25) is 0 Å². The molecule has 0 aliphatic rings. The Balaban J connectivity index is 2.39. The molecule has 2 rings (SSSR count). The van der Waals surface area contributed by atoms with E-state index in [1.165, 1.54) is 17.4 Å². The van der Waals surface area contributed by atoms with Crippen molar-refractivity contribution in [2.75, 3.05) is 5.73 Å². The van der Waals surface area contributed by atoms with Crippen LogP contribution in [0, 0.1) is 0 Å². The van der Waals surface area contributed by atoms with Gasteiger partial charge in [0.25, 0.3) is 0 Å². The van der Waals surface area contributed by atoms with Gasteiger partial charge < -0.3 is 5.73 Å². The molecule has 0 atom stereocenters. The second kappa shape index (κ2) is 5.32. The summed E-state index contributed by atoms with van der Waals surface area (Å²) in [6.07, 6.45) is 0. The van der Waals surface area contributed by atoms with Gasteiger partial charge in [0.1, 0.15) is 0 Å². The van der Waals surface area contributed by atoms with Crippen LogP contribution in [-0.2, 0) is 15.6 Å². The zero-order valence-corrected chi connectivity index (χ0v) is 13.9. The highest BCUT2D eigenvalue weighted by molar-refractivity contribution is 9.10. The molecule has 0 aliphatic heterocycles. The van der Waals surface area contributed by atoms with Crippen LogP contribution >= 0.6 is 43.2 Å². The van der Waals surface area contributed by atoms with Crippen molar-refractivity contribution >= 4 is 58.7 Å². The van der Waals surface area contributed by atoms with E-state index < -0.39 is 9.84 Å². The fourth-order valence-electron chi connectivity index (χ4n) is 1.47. The largest absolute Gasteiger partial charge is 0.398 e. The summed E-state index contributed by atoms with van der Waals surface area (Å²) in [6.45, 7) is 0. The van der Waals surface area contributed by atoms with E-state index in [2.05, 4.69) is 31.9 Å². The van der Waals surface area contributed by atoms with E-state index in [-0.39, 0.29) is 16.3 Å². The molecule has 1 aromatic heterocycles. The van der Waals surface area contributed by atoms with Crippen LogP contribution in [0.25, 0.3) is 0 Å². The van der Waals surface area contributed by atoms with Crippen LogP contribution in [0.1, 0.15) is 4.88 Å². The predicted octanol–water partition coefficient (Wildman–Crippen LogP) is 3.83. The molecule has 3 nitrogen and oxygen atoms in total. The van der Waals surface area contributed by atoms with Crippen molar-refractivity contribution < 1.29 is 8.42 Å². The molecule has 0 fully saturated rings. The lowest BCUT2D eigenvalue weighted by Crippen LogP contribution is -2.07. The van der Waals surface area contributed by atoms with E-state index in [0.717, 1.165) is 9.35 Å². The van der Waals surface area contributed by atoms with Crippen molar-refractivity contribution in [2.45, 2.75) is 10.6 Å². The molecule has 96 valence electrons. The molecule has 0 saturated heterocycles. The first-order valence-electron chi connectivity index (χ1n) is 4.89. The first kappa shape index (κ1) is 14.0.